The number of aliphatic imine (C=N–C) groups is 1. The van der Waals surface area contributed by atoms with Crippen LogP contribution in [0.25, 0.3) is 0 Å². The Balaban J connectivity index is 1.78. The Kier molecular flexibility index (Phi) is 10.1. The molecule has 0 radical (unpaired) electrons. The minimum atomic E-state index is -0.920. The third kappa shape index (κ3) is 8.95. The summed E-state index contributed by atoms with van der Waals surface area (Å²) >= 11 is 0. The second-order valence-corrected chi connectivity index (χ2v) is 9.07. The number of carbonyl (C=O) groups is 1. The zero-order chi connectivity index (χ0) is 21.1. The molecule has 29 heavy (non-hydrogen) atoms. The fraction of sp³-hybridized carbons (Fsp3) is 0.619. The van der Waals surface area contributed by atoms with Crippen LogP contribution in [0.3, 0.4) is 0 Å². The van der Waals surface area contributed by atoms with E-state index in [0.29, 0.717) is 24.6 Å². The Morgan fingerprint density at radius 3 is 2.48 bits per heavy atom. The number of guanidine groups is 1. The zero-order valence-corrected chi connectivity index (χ0v) is 18.7. The van der Waals surface area contributed by atoms with E-state index in [4.69, 9.17) is 0 Å². The first-order valence-electron chi connectivity index (χ1n) is 10.4. The third-order valence-electron chi connectivity index (χ3n) is 4.57. The number of carbonyl (C=O) groups excluding carboxylic acids is 1. The number of benzene rings is 1. The van der Waals surface area contributed by atoms with E-state index in [2.05, 4.69) is 32.3 Å². The Morgan fingerprint density at radius 1 is 1.17 bits per heavy atom. The molecule has 0 spiro atoms. The lowest BCUT2D eigenvalue weighted by Gasteiger charge is -2.36. The number of nitrogens with zero attached hydrogens (tertiary/aromatic N) is 3. The summed E-state index contributed by atoms with van der Waals surface area (Å²) in [6.45, 7) is 11.1. The smallest absolute Gasteiger partial charge is 0.234 e. The summed E-state index contributed by atoms with van der Waals surface area (Å²) in [7, 11) is -0.920. The largest absolute Gasteiger partial charge is 0.357 e. The highest BCUT2D eigenvalue weighted by atomic mass is 32.2. The highest BCUT2D eigenvalue weighted by molar-refractivity contribution is 7.84. The van der Waals surface area contributed by atoms with Crippen LogP contribution in [0, 0.1) is 0 Å². The summed E-state index contributed by atoms with van der Waals surface area (Å²) in [6.07, 6.45) is 0. The Hall–Kier alpha value is -1.93. The van der Waals surface area contributed by atoms with E-state index in [-0.39, 0.29) is 11.9 Å². The van der Waals surface area contributed by atoms with Crippen molar-refractivity contribution in [3.8, 4) is 0 Å². The van der Waals surface area contributed by atoms with E-state index in [1.807, 2.05) is 44.2 Å². The maximum atomic E-state index is 12.3. The van der Waals surface area contributed by atoms with E-state index in [9.17, 15) is 9.00 Å². The lowest BCUT2D eigenvalue weighted by molar-refractivity contribution is -0.123. The standard InChI is InChI=1S/C21H35N5O2S/c1-4-22-21(23-10-15-29(28)17-19-8-6-5-7-9-19)26-13-11-25(12-14-26)16-20(27)24-18(2)3/h5-9,18H,4,10-17H2,1-3H3,(H,22,23)(H,24,27). The van der Waals surface area contributed by atoms with Crippen LogP contribution in [-0.4, -0.2) is 83.5 Å². The highest BCUT2D eigenvalue weighted by Crippen LogP contribution is 2.05. The Bertz CT molecular complexity index is 673. The molecule has 1 aliphatic heterocycles. The van der Waals surface area contributed by atoms with Gasteiger partial charge in [-0.15, -0.1) is 0 Å². The SMILES string of the molecule is CCNC(=NCCS(=O)Cc1ccccc1)N1CCN(CC(=O)NC(C)C)CC1. The van der Waals surface area contributed by atoms with Gasteiger partial charge in [-0.05, 0) is 26.3 Å². The minimum Gasteiger partial charge on any atom is -0.357 e. The molecule has 1 atom stereocenters. The molecule has 2 N–H and O–H groups in total. The molecule has 0 aliphatic carbocycles. The summed E-state index contributed by atoms with van der Waals surface area (Å²) in [5, 5.41) is 6.28. The number of nitrogens with one attached hydrogen (secondary N) is 2. The number of rotatable bonds is 9. The van der Waals surface area contributed by atoms with Gasteiger partial charge in [0.05, 0.1) is 13.1 Å². The summed E-state index contributed by atoms with van der Waals surface area (Å²) in [5.41, 5.74) is 1.10. The predicted molar refractivity (Wildman–Crippen MR) is 120 cm³/mol. The number of hydrogen-bond acceptors (Lipinski definition) is 4. The van der Waals surface area contributed by atoms with E-state index in [1.165, 1.54) is 0 Å². The van der Waals surface area contributed by atoms with Gasteiger partial charge in [-0.3, -0.25) is 18.9 Å². The summed E-state index contributed by atoms with van der Waals surface area (Å²) < 4.78 is 12.3. The Labute approximate surface area is 177 Å². The first kappa shape index (κ1) is 23.3. The fourth-order valence-corrected chi connectivity index (χ4v) is 4.20. The number of amides is 1. The first-order valence-corrected chi connectivity index (χ1v) is 11.9. The monoisotopic (exact) mass is 421 g/mol. The van der Waals surface area contributed by atoms with Crippen molar-refractivity contribution in [2.24, 2.45) is 4.99 Å². The fourth-order valence-electron chi connectivity index (χ4n) is 3.20. The second kappa shape index (κ2) is 12.6. The van der Waals surface area contributed by atoms with Gasteiger partial charge in [0.15, 0.2) is 5.96 Å². The normalized spacial score (nSPS) is 16.7. The van der Waals surface area contributed by atoms with Gasteiger partial charge >= 0.3 is 0 Å². The van der Waals surface area contributed by atoms with Gasteiger partial charge in [-0.1, -0.05) is 30.3 Å². The van der Waals surface area contributed by atoms with Crippen molar-refractivity contribution in [2.75, 3.05) is 51.6 Å². The molecular formula is C21H35N5O2S. The minimum absolute atomic E-state index is 0.0786. The van der Waals surface area contributed by atoms with Crippen LogP contribution >= 0.6 is 0 Å². The third-order valence-corrected chi connectivity index (χ3v) is 5.87. The average molecular weight is 422 g/mol. The average Bonchev–Trinajstić information content (AvgIpc) is 2.68. The van der Waals surface area contributed by atoms with Gasteiger partial charge in [0, 0.05) is 61.1 Å². The maximum Gasteiger partial charge on any atom is 0.234 e. The summed E-state index contributed by atoms with van der Waals surface area (Å²) in [5.74, 6) is 2.08. The van der Waals surface area contributed by atoms with Crippen LogP contribution in [0.5, 0.6) is 0 Å². The van der Waals surface area contributed by atoms with E-state index in [0.717, 1.165) is 44.2 Å². The molecule has 7 nitrogen and oxygen atoms in total. The van der Waals surface area contributed by atoms with Gasteiger partial charge in [0.2, 0.25) is 5.91 Å². The van der Waals surface area contributed by atoms with Crippen LogP contribution in [0.2, 0.25) is 0 Å². The molecule has 1 saturated heterocycles. The molecule has 1 aromatic carbocycles. The van der Waals surface area contributed by atoms with Crippen LogP contribution < -0.4 is 10.6 Å². The predicted octanol–water partition coefficient (Wildman–Crippen LogP) is 1.04. The van der Waals surface area contributed by atoms with Gasteiger partial charge in [-0.2, -0.15) is 0 Å². The van der Waals surface area contributed by atoms with E-state index < -0.39 is 10.8 Å². The number of hydrogen-bond donors (Lipinski definition) is 2. The van der Waals surface area contributed by atoms with Gasteiger partial charge < -0.3 is 15.5 Å². The lowest BCUT2D eigenvalue weighted by Crippen LogP contribution is -2.54. The van der Waals surface area contributed by atoms with Gasteiger partial charge in [0.1, 0.15) is 0 Å². The van der Waals surface area contributed by atoms with Crippen molar-refractivity contribution < 1.29 is 9.00 Å². The zero-order valence-electron chi connectivity index (χ0n) is 17.9. The topological polar surface area (TPSA) is 77.0 Å². The molecule has 1 aliphatic rings. The molecule has 1 fully saturated rings. The molecule has 0 bridgehead atoms. The lowest BCUT2D eigenvalue weighted by atomic mass is 10.2. The van der Waals surface area contributed by atoms with Gasteiger partial charge in [0.25, 0.3) is 0 Å². The summed E-state index contributed by atoms with van der Waals surface area (Å²) in [6, 6.07) is 10.1. The van der Waals surface area contributed by atoms with Crippen LogP contribution in [0.4, 0.5) is 0 Å². The second-order valence-electron chi connectivity index (χ2n) is 7.49. The van der Waals surface area contributed by atoms with Crippen molar-refractivity contribution in [3.05, 3.63) is 35.9 Å². The van der Waals surface area contributed by atoms with Crippen LogP contribution in [0.15, 0.2) is 35.3 Å². The maximum absolute atomic E-state index is 12.3. The van der Waals surface area contributed by atoms with Crippen LogP contribution in [-0.2, 0) is 21.3 Å². The highest BCUT2D eigenvalue weighted by Gasteiger charge is 2.21. The van der Waals surface area contributed by atoms with E-state index >= 15 is 0 Å². The van der Waals surface area contributed by atoms with Crippen molar-refractivity contribution in [1.82, 2.24) is 20.4 Å². The molecule has 1 aromatic rings. The molecule has 1 unspecified atom stereocenters. The van der Waals surface area contributed by atoms with Crippen molar-refractivity contribution >= 4 is 22.7 Å². The summed E-state index contributed by atoms with van der Waals surface area (Å²) in [4.78, 5) is 21.0. The quantitative estimate of drug-likeness (QED) is 0.460. The van der Waals surface area contributed by atoms with Crippen molar-refractivity contribution in [2.45, 2.75) is 32.6 Å². The van der Waals surface area contributed by atoms with Crippen molar-refractivity contribution in [1.29, 1.82) is 0 Å². The van der Waals surface area contributed by atoms with Gasteiger partial charge in [-0.25, -0.2) is 0 Å². The van der Waals surface area contributed by atoms with Crippen molar-refractivity contribution in [3.63, 3.8) is 0 Å². The van der Waals surface area contributed by atoms with E-state index in [1.54, 1.807) is 0 Å². The first-order chi connectivity index (χ1) is 14.0. The molecule has 0 aromatic heterocycles. The molecular weight excluding hydrogens is 386 g/mol. The molecule has 1 amide bonds. The number of piperazine rings is 1. The molecule has 8 heteroatoms. The molecule has 162 valence electrons. The molecule has 2 rings (SSSR count). The molecule has 1 heterocycles. The van der Waals surface area contributed by atoms with Crippen LogP contribution in [0.1, 0.15) is 26.3 Å². The Morgan fingerprint density at radius 2 is 1.86 bits per heavy atom. The molecule has 0 saturated carbocycles.